The van der Waals surface area contributed by atoms with Crippen LogP contribution in [0.25, 0.3) is 6.08 Å². The van der Waals surface area contributed by atoms with Crippen molar-refractivity contribution in [1.82, 2.24) is 4.90 Å². The summed E-state index contributed by atoms with van der Waals surface area (Å²) in [5, 5.41) is 10.8. The zero-order chi connectivity index (χ0) is 24.1. The topological polar surface area (TPSA) is 81.9 Å². The first-order valence-corrected chi connectivity index (χ1v) is 12.6. The summed E-state index contributed by atoms with van der Waals surface area (Å²) in [6, 6.07) is 12.0. The second-order valence-corrected chi connectivity index (χ2v) is 9.87. The monoisotopic (exact) mass is 498 g/mol. The minimum atomic E-state index is -0.431. The van der Waals surface area contributed by atoms with E-state index in [1.54, 1.807) is 17.0 Å². The SMILES string of the molecule is CCOc1cc(/C=C2\SC(=S)N(C3CCCCC3)C2=O)ccc1OCc1ccc([N+](=O)[O-])cc1. The predicted molar refractivity (Wildman–Crippen MR) is 137 cm³/mol. The minimum Gasteiger partial charge on any atom is -0.490 e. The highest BCUT2D eigenvalue weighted by atomic mass is 32.2. The molecule has 178 valence electrons. The summed E-state index contributed by atoms with van der Waals surface area (Å²) in [5.41, 5.74) is 1.68. The van der Waals surface area contributed by atoms with Crippen molar-refractivity contribution in [2.24, 2.45) is 0 Å². The lowest BCUT2D eigenvalue weighted by molar-refractivity contribution is -0.384. The molecule has 0 aromatic heterocycles. The zero-order valence-corrected chi connectivity index (χ0v) is 20.5. The lowest BCUT2D eigenvalue weighted by atomic mass is 9.94. The van der Waals surface area contributed by atoms with Crippen LogP contribution in [-0.2, 0) is 11.4 Å². The normalized spacial score (nSPS) is 17.9. The van der Waals surface area contributed by atoms with Gasteiger partial charge in [-0.05, 0) is 61.2 Å². The van der Waals surface area contributed by atoms with E-state index in [0.29, 0.717) is 27.3 Å². The first-order valence-electron chi connectivity index (χ1n) is 11.4. The molecule has 1 aliphatic heterocycles. The average molecular weight is 499 g/mol. The Kier molecular flexibility index (Phi) is 7.84. The van der Waals surface area contributed by atoms with Crippen LogP contribution in [0.15, 0.2) is 47.4 Å². The predicted octanol–water partition coefficient (Wildman–Crippen LogP) is 6.11. The highest BCUT2D eigenvalue weighted by Crippen LogP contribution is 2.38. The summed E-state index contributed by atoms with van der Waals surface area (Å²) in [4.78, 5) is 25.9. The number of nitro benzene ring substituents is 1. The van der Waals surface area contributed by atoms with Gasteiger partial charge in [0.25, 0.3) is 11.6 Å². The molecule has 0 radical (unpaired) electrons. The van der Waals surface area contributed by atoms with Crippen molar-refractivity contribution in [1.29, 1.82) is 0 Å². The number of hydrogen-bond donors (Lipinski definition) is 0. The maximum atomic E-state index is 13.1. The lowest BCUT2D eigenvalue weighted by Crippen LogP contribution is -2.39. The van der Waals surface area contributed by atoms with Gasteiger partial charge in [0.1, 0.15) is 10.9 Å². The smallest absolute Gasteiger partial charge is 0.269 e. The summed E-state index contributed by atoms with van der Waals surface area (Å²) < 4.78 is 12.3. The molecular formula is C25H26N2O5S2. The molecule has 2 fully saturated rings. The van der Waals surface area contributed by atoms with Crippen molar-refractivity contribution >= 4 is 46.0 Å². The fourth-order valence-corrected chi connectivity index (χ4v) is 5.56. The third kappa shape index (κ3) is 5.59. The van der Waals surface area contributed by atoms with Gasteiger partial charge < -0.3 is 9.47 Å². The van der Waals surface area contributed by atoms with Gasteiger partial charge in [0, 0.05) is 18.2 Å². The number of nitrogens with zero attached hydrogens (tertiary/aromatic N) is 2. The van der Waals surface area contributed by atoms with Crippen molar-refractivity contribution < 1.29 is 19.2 Å². The Morgan fingerprint density at radius 3 is 2.53 bits per heavy atom. The number of carbonyl (C=O) groups is 1. The van der Waals surface area contributed by atoms with Crippen LogP contribution in [0.2, 0.25) is 0 Å². The summed E-state index contributed by atoms with van der Waals surface area (Å²) in [6.45, 7) is 2.60. The van der Waals surface area contributed by atoms with Crippen LogP contribution in [-0.4, -0.2) is 32.7 Å². The molecule has 0 spiro atoms. The van der Waals surface area contributed by atoms with Crippen molar-refractivity contribution in [3.63, 3.8) is 0 Å². The molecule has 1 saturated carbocycles. The molecule has 1 heterocycles. The number of benzene rings is 2. The molecule has 7 nitrogen and oxygen atoms in total. The van der Waals surface area contributed by atoms with Crippen LogP contribution in [0.3, 0.4) is 0 Å². The number of thioether (sulfide) groups is 1. The van der Waals surface area contributed by atoms with Gasteiger partial charge in [-0.3, -0.25) is 19.8 Å². The maximum absolute atomic E-state index is 13.1. The fourth-order valence-electron chi connectivity index (χ4n) is 4.16. The fraction of sp³-hybridized carbons (Fsp3) is 0.360. The summed E-state index contributed by atoms with van der Waals surface area (Å²) in [5.74, 6) is 1.12. The van der Waals surface area contributed by atoms with Crippen LogP contribution in [0.1, 0.15) is 50.2 Å². The van der Waals surface area contributed by atoms with Crippen LogP contribution in [0, 0.1) is 10.1 Å². The van der Waals surface area contributed by atoms with E-state index >= 15 is 0 Å². The number of carbonyl (C=O) groups excluding carboxylic acids is 1. The van der Waals surface area contributed by atoms with E-state index in [1.165, 1.54) is 30.3 Å². The highest BCUT2D eigenvalue weighted by molar-refractivity contribution is 8.26. The maximum Gasteiger partial charge on any atom is 0.269 e. The molecule has 0 unspecified atom stereocenters. The molecule has 1 saturated heterocycles. The largest absolute Gasteiger partial charge is 0.490 e. The molecule has 34 heavy (non-hydrogen) atoms. The number of nitro groups is 1. The van der Waals surface area contributed by atoms with Crippen molar-refractivity contribution in [2.75, 3.05) is 6.61 Å². The quantitative estimate of drug-likeness (QED) is 0.188. The van der Waals surface area contributed by atoms with Crippen LogP contribution < -0.4 is 9.47 Å². The van der Waals surface area contributed by atoms with Gasteiger partial charge in [-0.15, -0.1) is 0 Å². The van der Waals surface area contributed by atoms with Crippen LogP contribution in [0.4, 0.5) is 5.69 Å². The number of amides is 1. The minimum absolute atomic E-state index is 0.0154. The lowest BCUT2D eigenvalue weighted by Gasteiger charge is -2.29. The summed E-state index contributed by atoms with van der Waals surface area (Å²) in [6.07, 6.45) is 7.37. The van der Waals surface area contributed by atoms with E-state index in [4.69, 9.17) is 21.7 Å². The highest BCUT2D eigenvalue weighted by Gasteiger charge is 2.37. The molecule has 9 heteroatoms. The molecule has 2 aliphatic rings. The van der Waals surface area contributed by atoms with Crippen molar-refractivity contribution in [3.05, 3.63) is 68.6 Å². The Hall–Kier alpha value is -2.91. The number of ether oxygens (including phenoxy) is 2. The number of non-ortho nitro benzene ring substituents is 1. The Bertz CT molecular complexity index is 1110. The first kappa shape index (κ1) is 24.2. The van der Waals surface area contributed by atoms with Gasteiger partial charge in [0.15, 0.2) is 11.5 Å². The number of hydrogen-bond acceptors (Lipinski definition) is 7. The Labute approximate surface area is 208 Å². The summed E-state index contributed by atoms with van der Waals surface area (Å²) >= 11 is 6.88. The van der Waals surface area contributed by atoms with Gasteiger partial charge in [-0.25, -0.2) is 0 Å². The molecule has 1 amide bonds. The van der Waals surface area contributed by atoms with E-state index in [0.717, 1.165) is 36.8 Å². The van der Waals surface area contributed by atoms with E-state index in [-0.39, 0.29) is 24.2 Å². The molecule has 0 atom stereocenters. The van der Waals surface area contributed by atoms with Gasteiger partial charge in [0.2, 0.25) is 0 Å². The van der Waals surface area contributed by atoms with Gasteiger partial charge in [0.05, 0.1) is 16.4 Å². The second kappa shape index (κ2) is 11.0. The van der Waals surface area contributed by atoms with Gasteiger partial charge >= 0.3 is 0 Å². The Balaban J connectivity index is 1.48. The molecule has 2 aromatic carbocycles. The van der Waals surface area contributed by atoms with E-state index in [9.17, 15) is 14.9 Å². The van der Waals surface area contributed by atoms with Gasteiger partial charge in [-0.1, -0.05) is 49.3 Å². The van der Waals surface area contributed by atoms with E-state index < -0.39 is 4.92 Å². The molecule has 1 aliphatic carbocycles. The number of rotatable bonds is 8. The van der Waals surface area contributed by atoms with Crippen molar-refractivity contribution in [3.8, 4) is 11.5 Å². The zero-order valence-electron chi connectivity index (χ0n) is 18.9. The third-order valence-electron chi connectivity index (χ3n) is 5.87. The van der Waals surface area contributed by atoms with Gasteiger partial charge in [-0.2, -0.15) is 0 Å². The standard InChI is InChI=1S/C25H26N2O5S2/c1-2-31-22-14-18(10-13-21(22)32-16-17-8-11-20(12-9-17)27(29)30)15-23-24(28)26(25(33)34-23)19-6-4-3-5-7-19/h8-15,19H,2-7,16H2,1H3/b23-15-. The van der Waals surface area contributed by atoms with Crippen LogP contribution in [0.5, 0.6) is 11.5 Å². The Morgan fingerprint density at radius 2 is 1.85 bits per heavy atom. The molecule has 0 N–H and O–H groups in total. The third-order valence-corrected chi connectivity index (χ3v) is 7.20. The van der Waals surface area contributed by atoms with E-state index in [1.807, 2.05) is 31.2 Å². The summed E-state index contributed by atoms with van der Waals surface area (Å²) in [7, 11) is 0. The number of thiocarbonyl (C=S) groups is 1. The Morgan fingerprint density at radius 1 is 1.12 bits per heavy atom. The molecule has 4 rings (SSSR count). The molecule has 0 bridgehead atoms. The second-order valence-electron chi connectivity index (χ2n) is 8.19. The van der Waals surface area contributed by atoms with Crippen molar-refractivity contribution in [2.45, 2.75) is 51.7 Å². The first-order chi connectivity index (χ1) is 16.5. The average Bonchev–Trinajstić information content (AvgIpc) is 3.12. The molecular weight excluding hydrogens is 472 g/mol. The molecule has 2 aromatic rings. The van der Waals surface area contributed by atoms with Crippen LogP contribution >= 0.6 is 24.0 Å². The van der Waals surface area contributed by atoms with E-state index in [2.05, 4.69) is 0 Å².